The summed E-state index contributed by atoms with van der Waals surface area (Å²) in [6, 6.07) is 9.63. The van der Waals surface area contributed by atoms with Crippen LogP contribution in [0.25, 0.3) is 0 Å². The molecule has 4 nitrogen and oxygen atoms in total. The van der Waals surface area contributed by atoms with E-state index in [1.54, 1.807) is 19.1 Å². The number of ketones is 1. The van der Waals surface area contributed by atoms with E-state index in [1.165, 1.54) is 0 Å². The molecule has 0 spiro atoms. The maximum atomic E-state index is 12.6. The predicted octanol–water partition coefficient (Wildman–Crippen LogP) is 2.34. The molecule has 1 aromatic carbocycles. The molecule has 1 saturated carbocycles. The Balaban J connectivity index is 2.06. The van der Waals surface area contributed by atoms with Gasteiger partial charge in [0.15, 0.2) is 6.10 Å². The fourth-order valence-electron chi connectivity index (χ4n) is 2.68. The summed E-state index contributed by atoms with van der Waals surface area (Å²) in [6.45, 7) is 0. The minimum absolute atomic E-state index is 0.0435. The Hall–Kier alpha value is -1.68. The summed E-state index contributed by atoms with van der Waals surface area (Å²) in [5.41, 5.74) is 0.860. The van der Waals surface area contributed by atoms with Crippen LogP contribution in [-0.2, 0) is 14.3 Å². The predicted molar refractivity (Wildman–Crippen MR) is 76.2 cm³/mol. The standard InChI is InChI=1S/C16H21NO3/c1-17(13-8-10-14(18)11-9-13)16(19)15(20-2)12-6-4-3-5-7-12/h3-7,13,15H,8-11H2,1-2H3. The van der Waals surface area contributed by atoms with Gasteiger partial charge in [-0.15, -0.1) is 0 Å². The van der Waals surface area contributed by atoms with Gasteiger partial charge in [-0.3, -0.25) is 9.59 Å². The van der Waals surface area contributed by atoms with Crippen LogP contribution in [-0.4, -0.2) is 36.8 Å². The number of amides is 1. The van der Waals surface area contributed by atoms with Gasteiger partial charge in [0, 0.05) is 33.0 Å². The van der Waals surface area contributed by atoms with E-state index in [0.717, 1.165) is 18.4 Å². The molecule has 1 aromatic rings. The molecule has 4 heteroatoms. The van der Waals surface area contributed by atoms with Crippen molar-refractivity contribution in [3.05, 3.63) is 35.9 Å². The van der Waals surface area contributed by atoms with E-state index in [-0.39, 0.29) is 11.9 Å². The number of methoxy groups -OCH3 is 1. The fraction of sp³-hybridized carbons (Fsp3) is 0.500. The van der Waals surface area contributed by atoms with E-state index in [0.29, 0.717) is 18.6 Å². The quantitative estimate of drug-likeness (QED) is 0.847. The first-order chi connectivity index (χ1) is 9.63. The zero-order valence-electron chi connectivity index (χ0n) is 12.0. The number of likely N-dealkylation sites (N-methyl/N-ethyl adjacent to an activating group) is 1. The molecule has 0 heterocycles. The zero-order chi connectivity index (χ0) is 14.5. The third-order valence-electron chi connectivity index (χ3n) is 3.97. The molecular formula is C16H21NO3. The zero-order valence-corrected chi connectivity index (χ0v) is 12.0. The number of carbonyl (C=O) groups is 2. The van der Waals surface area contributed by atoms with Crippen molar-refractivity contribution in [1.29, 1.82) is 0 Å². The molecule has 2 rings (SSSR count). The van der Waals surface area contributed by atoms with Crippen LogP contribution in [0.1, 0.15) is 37.4 Å². The number of benzene rings is 1. The van der Waals surface area contributed by atoms with E-state index in [9.17, 15) is 9.59 Å². The highest BCUT2D eigenvalue weighted by atomic mass is 16.5. The van der Waals surface area contributed by atoms with Gasteiger partial charge in [0.05, 0.1) is 0 Å². The van der Waals surface area contributed by atoms with Gasteiger partial charge in [-0.05, 0) is 18.4 Å². The van der Waals surface area contributed by atoms with Crippen molar-refractivity contribution in [2.45, 2.75) is 37.8 Å². The molecule has 108 valence electrons. The first-order valence-corrected chi connectivity index (χ1v) is 6.99. The van der Waals surface area contributed by atoms with Crippen LogP contribution in [0, 0.1) is 0 Å². The normalized spacial score (nSPS) is 17.8. The van der Waals surface area contributed by atoms with E-state index in [1.807, 2.05) is 30.3 Å². The molecule has 1 aliphatic carbocycles. The van der Waals surface area contributed by atoms with E-state index in [4.69, 9.17) is 4.74 Å². The topological polar surface area (TPSA) is 46.6 Å². The molecule has 1 fully saturated rings. The summed E-state index contributed by atoms with van der Waals surface area (Å²) < 4.78 is 5.37. The second-order valence-corrected chi connectivity index (χ2v) is 5.25. The minimum Gasteiger partial charge on any atom is -0.367 e. The maximum Gasteiger partial charge on any atom is 0.256 e. The van der Waals surface area contributed by atoms with Gasteiger partial charge in [-0.1, -0.05) is 30.3 Å². The minimum atomic E-state index is -0.571. The van der Waals surface area contributed by atoms with Crippen LogP contribution in [0.3, 0.4) is 0 Å². The molecule has 0 radical (unpaired) electrons. The lowest BCUT2D eigenvalue weighted by Crippen LogP contribution is -2.42. The molecule has 1 amide bonds. The molecule has 1 aliphatic rings. The van der Waals surface area contributed by atoms with Crippen LogP contribution in [0.5, 0.6) is 0 Å². The second kappa shape index (κ2) is 6.66. The van der Waals surface area contributed by atoms with Crippen molar-refractivity contribution in [3.8, 4) is 0 Å². The number of carbonyl (C=O) groups excluding carboxylic acids is 2. The van der Waals surface area contributed by atoms with Crippen molar-refractivity contribution in [1.82, 2.24) is 4.90 Å². The van der Waals surface area contributed by atoms with Gasteiger partial charge >= 0.3 is 0 Å². The summed E-state index contributed by atoms with van der Waals surface area (Å²) >= 11 is 0. The van der Waals surface area contributed by atoms with Crippen LogP contribution in [0.15, 0.2) is 30.3 Å². The highest BCUT2D eigenvalue weighted by Gasteiger charge is 2.30. The monoisotopic (exact) mass is 275 g/mol. The molecule has 0 aliphatic heterocycles. The number of rotatable bonds is 4. The number of nitrogens with zero attached hydrogens (tertiary/aromatic N) is 1. The average molecular weight is 275 g/mol. The van der Waals surface area contributed by atoms with Crippen LogP contribution < -0.4 is 0 Å². The summed E-state index contributed by atoms with van der Waals surface area (Å²) in [5, 5.41) is 0. The molecule has 0 saturated heterocycles. The number of Topliss-reactive ketones (excluding diaryl/α,β-unsaturated/α-hetero) is 1. The lowest BCUT2D eigenvalue weighted by molar-refractivity contribution is -0.144. The van der Waals surface area contributed by atoms with Crippen molar-refractivity contribution in [2.24, 2.45) is 0 Å². The van der Waals surface area contributed by atoms with Gasteiger partial charge < -0.3 is 9.64 Å². The summed E-state index contributed by atoms with van der Waals surface area (Å²) in [5.74, 6) is 0.256. The van der Waals surface area contributed by atoms with Gasteiger partial charge in [-0.2, -0.15) is 0 Å². The Morgan fingerprint density at radius 2 is 1.85 bits per heavy atom. The smallest absolute Gasteiger partial charge is 0.256 e. The molecule has 1 atom stereocenters. The van der Waals surface area contributed by atoms with Crippen LogP contribution in [0.2, 0.25) is 0 Å². The number of ether oxygens (including phenoxy) is 1. The van der Waals surface area contributed by atoms with Gasteiger partial charge in [0.1, 0.15) is 5.78 Å². The van der Waals surface area contributed by atoms with Crippen molar-refractivity contribution in [3.63, 3.8) is 0 Å². The third-order valence-corrected chi connectivity index (χ3v) is 3.97. The largest absolute Gasteiger partial charge is 0.367 e. The Kier molecular flexibility index (Phi) is 4.90. The molecule has 0 N–H and O–H groups in total. The SMILES string of the molecule is COC(C(=O)N(C)C1CCC(=O)CC1)c1ccccc1. The van der Waals surface area contributed by atoms with E-state index < -0.39 is 6.10 Å². The lowest BCUT2D eigenvalue weighted by atomic mass is 9.93. The Morgan fingerprint density at radius 3 is 2.40 bits per heavy atom. The van der Waals surface area contributed by atoms with Gasteiger partial charge in [0.25, 0.3) is 5.91 Å². The number of hydrogen-bond donors (Lipinski definition) is 0. The molecule has 20 heavy (non-hydrogen) atoms. The fourth-order valence-corrected chi connectivity index (χ4v) is 2.68. The number of hydrogen-bond acceptors (Lipinski definition) is 3. The first kappa shape index (κ1) is 14.7. The first-order valence-electron chi connectivity index (χ1n) is 6.99. The van der Waals surface area contributed by atoms with E-state index in [2.05, 4.69) is 0 Å². The highest BCUT2D eigenvalue weighted by Crippen LogP contribution is 2.24. The highest BCUT2D eigenvalue weighted by molar-refractivity contribution is 5.83. The molecule has 0 bridgehead atoms. The van der Waals surface area contributed by atoms with E-state index >= 15 is 0 Å². The average Bonchev–Trinajstić information content (AvgIpc) is 2.49. The summed E-state index contributed by atoms with van der Waals surface area (Å²) in [4.78, 5) is 25.6. The summed E-state index contributed by atoms with van der Waals surface area (Å²) in [6.07, 6.45) is 2.09. The van der Waals surface area contributed by atoms with Crippen LogP contribution >= 0.6 is 0 Å². The van der Waals surface area contributed by atoms with Crippen molar-refractivity contribution < 1.29 is 14.3 Å². The second-order valence-electron chi connectivity index (χ2n) is 5.25. The Labute approximate surface area is 119 Å². The van der Waals surface area contributed by atoms with Gasteiger partial charge in [0.2, 0.25) is 0 Å². The van der Waals surface area contributed by atoms with Crippen molar-refractivity contribution in [2.75, 3.05) is 14.2 Å². The van der Waals surface area contributed by atoms with Gasteiger partial charge in [-0.25, -0.2) is 0 Å². The Morgan fingerprint density at radius 1 is 1.25 bits per heavy atom. The lowest BCUT2D eigenvalue weighted by Gasteiger charge is -2.33. The molecule has 1 unspecified atom stereocenters. The van der Waals surface area contributed by atoms with Crippen molar-refractivity contribution >= 4 is 11.7 Å². The Bertz CT molecular complexity index is 462. The molecular weight excluding hydrogens is 254 g/mol. The van der Waals surface area contributed by atoms with Crippen LogP contribution in [0.4, 0.5) is 0 Å². The third kappa shape index (κ3) is 3.25. The molecule has 0 aromatic heterocycles. The summed E-state index contributed by atoms with van der Waals surface area (Å²) in [7, 11) is 3.35. The maximum absolute atomic E-state index is 12.6.